The van der Waals surface area contributed by atoms with Gasteiger partial charge in [-0.3, -0.25) is 4.79 Å². The Labute approximate surface area is 82.6 Å². The zero-order valence-electron chi connectivity index (χ0n) is 7.25. The normalized spacial score (nSPS) is 20.7. The average Bonchev–Trinajstić information content (AvgIpc) is 2.17. The molecule has 0 aromatic heterocycles. The number of amides is 1. The van der Waals surface area contributed by atoms with Crippen molar-refractivity contribution in [1.82, 2.24) is 4.90 Å². The molecule has 1 fully saturated rings. The molecule has 0 saturated carbocycles. The van der Waals surface area contributed by atoms with Crippen LogP contribution in [0.2, 0.25) is 0 Å². The van der Waals surface area contributed by atoms with E-state index in [1.165, 1.54) is 0 Å². The summed E-state index contributed by atoms with van der Waals surface area (Å²) in [6.45, 7) is 3.67. The summed E-state index contributed by atoms with van der Waals surface area (Å²) in [4.78, 5) is 13.4. The van der Waals surface area contributed by atoms with E-state index in [1.807, 2.05) is 23.6 Å². The van der Waals surface area contributed by atoms with Crippen molar-refractivity contribution >= 4 is 29.3 Å². The highest BCUT2D eigenvalue weighted by Gasteiger charge is 2.21. The second kappa shape index (κ2) is 4.97. The zero-order chi connectivity index (χ0) is 8.97. The first-order valence-electron chi connectivity index (χ1n) is 4.26. The van der Waals surface area contributed by atoms with Crippen LogP contribution in [-0.2, 0) is 4.79 Å². The van der Waals surface area contributed by atoms with E-state index < -0.39 is 0 Å². The lowest BCUT2D eigenvalue weighted by atomic mass is 10.3. The fourth-order valence-electron chi connectivity index (χ4n) is 1.16. The number of carbonyl (C=O) groups excluding carboxylic acids is 1. The van der Waals surface area contributed by atoms with Gasteiger partial charge >= 0.3 is 0 Å². The lowest BCUT2D eigenvalue weighted by Gasteiger charge is -2.27. The van der Waals surface area contributed by atoms with E-state index in [0.717, 1.165) is 31.0 Å². The van der Waals surface area contributed by atoms with Gasteiger partial charge < -0.3 is 4.90 Å². The molecule has 0 unspecified atom stereocenters. The average molecular weight is 208 g/mol. The van der Waals surface area contributed by atoms with E-state index in [2.05, 4.69) is 0 Å². The minimum Gasteiger partial charge on any atom is -0.340 e. The van der Waals surface area contributed by atoms with E-state index in [4.69, 9.17) is 11.6 Å². The van der Waals surface area contributed by atoms with Crippen LogP contribution in [0.15, 0.2) is 0 Å². The number of halogens is 1. The van der Waals surface area contributed by atoms with Crippen molar-refractivity contribution in [3.8, 4) is 0 Å². The molecule has 1 rings (SSSR count). The maximum atomic E-state index is 11.5. The Morgan fingerprint density at radius 2 is 2.17 bits per heavy atom. The van der Waals surface area contributed by atoms with Crippen LogP contribution < -0.4 is 0 Å². The first-order valence-corrected chi connectivity index (χ1v) is 5.85. The molecule has 12 heavy (non-hydrogen) atoms. The van der Waals surface area contributed by atoms with Crippen molar-refractivity contribution in [3.05, 3.63) is 0 Å². The predicted octanol–water partition coefficient (Wildman–Crippen LogP) is 1.58. The summed E-state index contributed by atoms with van der Waals surface area (Å²) in [5.41, 5.74) is 0. The highest BCUT2D eigenvalue weighted by Crippen LogP contribution is 2.13. The topological polar surface area (TPSA) is 20.3 Å². The van der Waals surface area contributed by atoms with Crippen LogP contribution in [0.3, 0.4) is 0 Å². The molecule has 1 atom stereocenters. The van der Waals surface area contributed by atoms with Gasteiger partial charge in [-0.05, 0) is 6.42 Å². The number of hydrogen-bond donors (Lipinski definition) is 0. The Bertz CT molecular complexity index is 159. The van der Waals surface area contributed by atoms with Gasteiger partial charge in [0.2, 0.25) is 5.91 Å². The summed E-state index contributed by atoms with van der Waals surface area (Å²) < 4.78 is 0. The lowest BCUT2D eigenvalue weighted by Crippen LogP contribution is -2.41. The van der Waals surface area contributed by atoms with Gasteiger partial charge in [-0.2, -0.15) is 11.8 Å². The minimum atomic E-state index is -0.312. The smallest absolute Gasteiger partial charge is 0.240 e. The summed E-state index contributed by atoms with van der Waals surface area (Å²) in [5, 5.41) is -0.312. The quantitative estimate of drug-likeness (QED) is 0.641. The summed E-state index contributed by atoms with van der Waals surface area (Å²) in [7, 11) is 0. The molecule has 1 aliphatic heterocycles. The minimum absolute atomic E-state index is 0.111. The van der Waals surface area contributed by atoms with Crippen molar-refractivity contribution in [1.29, 1.82) is 0 Å². The van der Waals surface area contributed by atoms with Crippen LogP contribution in [0.5, 0.6) is 0 Å². The molecular formula is C8H14ClNOS. The molecule has 1 amide bonds. The van der Waals surface area contributed by atoms with Crippen LogP contribution in [0.1, 0.15) is 13.3 Å². The van der Waals surface area contributed by atoms with Crippen molar-refractivity contribution in [3.63, 3.8) is 0 Å². The van der Waals surface area contributed by atoms with E-state index in [1.54, 1.807) is 0 Å². The molecule has 0 radical (unpaired) electrons. The summed E-state index contributed by atoms with van der Waals surface area (Å²) in [6.07, 6.45) is 0.726. The molecule has 0 aromatic carbocycles. The van der Waals surface area contributed by atoms with Crippen molar-refractivity contribution in [2.75, 3.05) is 24.6 Å². The van der Waals surface area contributed by atoms with Gasteiger partial charge in [0.15, 0.2) is 0 Å². The van der Waals surface area contributed by atoms with Crippen LogP contribution in [-0.4, -0.2) is 40.8 Å². The zero-order valence-corrected chi connectivity index (χ0v) is 8.83. The first-order chi connectivity index (χ1) is 5.75. The summed E-state index contributed by atoms with van der Waals surface area (Å²) in [5.74, 6) is 2.22. The number of nitrogens with zero attached hydrogens (tertiary/aromatic N) is 1. The third-order valence-electron chi connectivity index (χ3n) is 1.95. The Balaban J connectivity index is 2.39. The molecule has 1 aliphatic rings. The van der Waals surface area contributed by atoms with Gasteiger partial charge in [-0.15, -0.1) is 11.6 Å². The molecule has 0 spiro atoms. The maximum absolute atomic E-state index is 11.5. The van der Waals surface area contributed by atoms with Crippen molar-refractivity contribution in [2.45, 2.75) is 18.7 Å². The van der Waals surface area contributed by atoms with Gasteiger partial charge in [-0.25, -0.2) is 0 Å². The van der Waals surface area contributed by atoms with Gasteiger partial charge in [0.1, 0.15) is 5.38 Å². The van der Waals surface area contributed by atoms with E-state index in [9.17, 15) is 4.79 Å². The number of thioether (sulfide) groups is 1. The van der Waals surface area contributed by atoms with Gasteiger partial charge in [0.25, 0.3) is 0 Å². The number of hydrogen-bond acceptors (Lipinski definition) is 2. The number of rotatable bonds is 2. The fraction of sp³-hybridized carbons (Fsp3) is 0.875. The Hall–Kier alpha value is 0.110. The standard InChI is InChI=1S/C8H14ClNOS/c1-2-7(9)8(11)10-3-5-12-6-4-10/h7H,2-6H2,1H3/t7-/m1/s1. The van der Waals surface area contributed by atoms with Gasteiger partial charge in [-0.1, -0.05) is 6.92 Å². The lowest BCUT2D eigenvalue weighted by molar-refractivity contribution is -0.130. The second-order valence-electron chi connectivity index (χ2n) is 2.81. The van der Waals surface area contributed by atoms with Crippen LogP contribution in [0, 0.1) is 0 Å². The molecule has 1 heterocycles. The molecule has 0 N–H and O–H groups in total. The monoisotopic (exact) mass is 207 g/mol. The number of carbonyl (C=O) groups is 1. The SMILES string of the molecule is CC[C@@H](Cl)C(=O)N1CCSCC1. The van der Waals surface area contributed by atoms with Crippen molar-refractivity contribution < 1.29 is 4.79 Å². The van der Waals surface area contributed by atoms with E-state index in [0.29, 0.717) is 0 Å². The molecule has 0 aliphatic carbocycles. The molecule has 70 valence electrons. The molecule has 1 saturated heterocycles. The Kier molecular flexibility index (Phi) is 4.22. The van der Waals surface area contributed by atoms with Gasteiger partial charge in [0.05, 0.1) is 0 Å². The molecular weight excluding hydrogens is 194 g/mol. The largest absolute Gasteiger partial charge is 0.340 e. The van der Waals surface area contributed by atoms with E-state index in [-0.39, 0.29) is 11.3 Å². The molecule has 2 nitrogen and oxygen atoms in total. The molecule has 0 bridgehead atoms. The predicted molar refractivity (Wildman–Crippen MR) is 53.8 cm³/mol. The van der Waals surface area contributed by atoms with Crippen LogP contribution in [0.25, 0.3) is 0 Å². The highest BCUT2D eigenvalue weighted by molar-refractivity contribution is 7.99. The third kappa shape index (κ3) is 2.56. The van der Waals surface area contributed by atoms with Crippen LogP contribution in [0.4, 0.5) is 0 Å². The van der Waals surface area contributed by atoms with E-state index >= 15 is 0 Å². The third-order valence-corrected chi connectivity index (χ3v) is 3.39. The first kappa shape index (κ1) is 10.2. The number of alkyl halides is 1. The Morgan fingerprint density at radius 1 is 1.58 bits per heavy atom. The van der Waals surface area contributed by atoms with Gasteiger partial charge in [0, 0.05) is 24.6 Å². The molecule has 0 aromatic rings. The summed E-state index contributed by atoms with van der Waals surface area (Å²) >= 11 is 7.75. The fourth-order valence-corrected chi connectivity index (χ4v) is 2.20. The second-order valence-corrected chi connectivity index (χ2v) is 4.57. The molecule has 4 heteroatoms. The summed E-state index contributed by atoms with van der Waals surface area (Å²) in [6, 6.07) is 0. The van der Waals surface area contributed by atoms with Crippen LogP contribution >= 0.6 is 23.4 Å². The maximum Gasteiger partial charge on any atom is 0.240 e. The Morgan fingerprint density at radius 3 is 2.67 bits per heavy atom. The van der Waals surface area contributed by atoms with Crippen molar-refractivity contribution in [2.24, 2.45) is 0 Å². The highest BCUT2D eigenvalue weighted by atomic mass is 35.5.